The molecule has 176 valence electrons. The molecule has 2 heterocycles. The molecule has 0 radical (unpaired) electrons. The number of methoxy groups -OCH3 is 1. The van der Waals surface area contributed by atoms with Gasteiger partial charge in [0.05, 0.1) is 18.7 Å². The summed E-state index contributed by atoms with van der Waals surface area (Å²) in [5.41, 5.74) is 1.06. The van der Waals surface area contributed by atoms with Crippen molar-refractivity contribution in [1.82, 2.24) is 0 Å². The Morgan fingerprint density at radius 1 is 0.971 bits per heavy atom. The molecule has 1 aliphatic rings. The normalized spacial score (nSPS) is 15.8. The molecule has 0 bridgehead atoms. The van der Waals surface area contributed by atoms with Gasteiger partial charge in [0, 0.05) is 27.2 Å². The molecule has 0 saturated heterocycles. The number of aromatic hydroxyl groups is 1. The van der Waals surface area contributed by atoms with Crippen LogP contribution in [-0.4, -0.2) is 29.0 Å². The number of hydrogen-bond acceptors (Lipinski definition) is 6. The van der Waals surface area contributed by atoms with Crippen molar-refractivity contribution in [3.05, 3.63) is 99.4 Å². The Kier molecular flexibility index (Phi) is 5.67. The van der Waals surface area contributed by atoms with Crippen molar-refractivity contribution >= 4 is 51.5 Å². The Balaban J connectivity index is 1.66. The molecular formula is C26H17Cl2NO6. The minimum absolute atomic E-state index is 0.0125. The van der Waals surface area contributed by atoms with Crippen LogP contribution in [0.5, 0.6) is 11.5 Å². The summed E-state index contributed by atoms with van der Waals surface area (Å²) < 4.78 is 11.1. The van der Waals surface area contributed by atoms with Gasteiger partial charge in [-0.15, -0.1) is 0 Å². The number of aliphatic hydroxyl groups excluding tert-OH is 1. The Hall–Kier alpha value is -3.94. The quantitative estimate of drug-likeness (QED) is 0.309. The van der Waals surface area contributed by atoms with Gasteiger partial charge in [-0.1, -0.05) is 35.3 Å². The van der Waals surface area contributed by atoms with Gasteiger partial charge in [0.15, 0.2) is 22.9 Å². The summed E-state index contributed by atoms with van der Waals surface area (Å²) in [4.78, 5) is 28.2. The van der Waals surface area contributed by atoms with Crippen molar-refractivity contribution in [2.24, 2.45) is 0 Å². The van der Waals surface area contributed by atoms with E-state index in [1.165, 1.54) is 30.2 Å². The number of nitrogens with zero attached hydrogens (tertiary/aromatic N) is 1. The van der Waals surface area contributed by atoms with Crippen LogP contribution in [0.25, 0.3) is 11.0 Å². The fourth-order valence-electron chi connectivity index (χ4n) is 4.16. The van der Waals surface area contributed by atoms with Crippen LogP contribution in [-0.2, 0) is 4.79 Å². The molecule has 5 rings (SSSR count). The van der Waals surface area contributed by atoms with E-state index < -0.39 is 23.5 Å². The number of ketones is 1. The molecule has 9 heteroatoms. The van der Waals surface area contributed by atoms with Crippen LogP contribution in [0.1, 0.15) is 22.2 Å². The summed E-state index contributed by atoms with van der Waals surface area (Å²) in [6, 6.07) is 16.1. The fraction of sp³-hybridized carbons (Fsp3) is 0.0769. The summed E-state index contributed by atoms with van der Waals surface area (Å²) >= 11 is 12.1. The van der Waals surface area contributed by atoms with Gasteiger partial charge in [0.25, 0.3) is 5.91 Å². The lowest BCUT2D eigenvalue weighted by molar-refractivity contribution is -0.117. The number of phenolic OH excluding ortho intramolecular Hbond substituents is 1. The summed E-state index contributed by atoms with van der Waals surface area (Å²) in [6.45, 7) is 0. The molecule has 1 aliphatic heterocycles. The van der Waals surface area contributed by atoms with E-state index in [2.05, 4.69) is 0 Å². The van der Waals surface area contributed by atoms with Crippen molar-refractivity contribution in [3.63, 3.8) is 0 Å². The summed E-state index contributed by atoms with van der Waals surface area (Å²) in [5, 5.41) is 22.0. The first kappa shape index (κ1) is 22.8. The topological polar surface area (TPSA) is 100 Å². The molecule has 0 saturated carbocycles. The maximum absolute atomic E-state index is 13.7. The van der Waals surface area contributed by atoms with Gasteiger partial charge in [-0.3, -0.25) is 14.5 Å². The average Bonchev–Trinajstić information content (AvgIpc) is 3.38. The Morgan fingerprint density at radius 3 is 2.31 bits per heavy atom. The number of hydrogen-bond donors (Lipinski definition) is 2. The zero-order valence-electron chi connectivity index (χ0n) is 18.2. The molecule has 35 heavy (non-hydrogen) atoms. The van der Waals surface area contributed by atoms with E-state index in [9.17, 15) is 19.8 Å². The molecule has 4 aromatic rings. The smallest absolute Gasteiger partial charge is 0.294 e. The van der Waals surface area contributed by atoms with Crippen molar-refractivity contribution in [3.8, 4) is 11.5 Å². The van der Waals surface area contributed by atoms with Crippen LogP contribution in [0.4, 0.5) is 5.69 Å². The number of furan rings is 1. The number of ether oxygens (including phenoxy) is 1. The van der Waals surface area contributed by atoms with Gasteiger partial charge in [-0.05, 0) is 54.1 Å². The average molecular weight is 510 g/mol. The third-order valence-corrected chi connectivity index (χ3v) is 6.23. The van der Waals surface area contributed by atoms with Gasteiger partial charge in [0.2, 0.25) is 5.78 Å². The highest BCUT2D eigenvalue weighted by molar-refractivity contribution is 6.31. The summed E-state index contributed by atoms with van der Waals surface area (Å²) in [7, 11) is 1.45. The minimum Gasteiger partial charge on any atom is -0.508 e. The molecule has 2 N–H and O–H groups in total. The van der Waals surface area contributed by atoms with Crippen LogP contribution in [0.15, 0.2) is 82.5 Å². The molecule has 1 atom stereocenters. The van der Waals surface area contributed by atoms with Crippen molar-refractivity contribution in [1.29, 1.82) is 0 Å². The molecule has 7 nitrogen and oxygen atoms in total. The first-order valence-electron chi connectivity index (χ1n) is 10.4. The number of fused-ring (bicyclic) bond motifs is 1. The first-order chi connectivity index (χ1) is 16.8. The van der Waals surface area contributed by atoms with Gasteiger partial charge in [-0.25, -0.2) is 0 Å². The van der Waals surface area contributed by atoms with Gasteiger partial charge < -0.3 is 19.4 Å². The van der Waals surface area contributed by atoms with Crippen LogP contribution >= 0.6 is 23.2 Å². The number of rotatable bonds is 5. The van der Waals surface area contributed by atoms with Crippen molar-refractivity contribution in [2.75, 3.05) is 12.0 Å². The van der Waals surface area contributed by atoms with Crippen LogP contribution in [0.3, 0.4) is 0 Å². The molecule has 1 amide bonds. The molecule has 1 unspecified atom stereocenters. The van der Waals surface area contributed by atoms with E-state index in [1.54, 1.807) is 48.5 Å². The van der Waals surface area contributed by atoms with Gasteiger partial charge in [0.1, 0.15) is 5.75 Å². The van der Waals surface area contributed by atoms with E-state index >= 15 is 0 Å². The zero-order chi connectivity index (χ0) is 24.9. The Morgan fingerprint density at radius 2 is 1.66 bits per heavy atom. The largest absolute Gasteiger partial charge is 0.508 e. The van der Waals surface area contributed by atoms with E-state index in [-0.39, 0.29) is 17.1 Å². The highest BCUT2D eigenvalue weighted by Crippen LogP contribution is 2.43. The Labute approximate surface area is 209 Å². The van der Waals surface area contributed by atoms with Gasteiger partial charge >= 0.3 is 0 Å². The monoisotopic (exact) mass is 509 g/mol. The standard InChI is InChI=1S/C26H17Cl2NO6/c1-34-20-12-16(28)10-14-11-19(35-25(14)20)23(31)21-22(13-2-8-18(30)9-3-13)29(26(33)24(21)32)17-6-4-15(27)5-7-17/h2-12,22,30,32H,1H3. The third-order valence-electron chi connectivity index (χ3n) is 5.76. The zero-order valence-corrected chi connectivity index (χ0v) is 19.7. The molecule has 3 aromatic carbocycles. The minimum atomic E-state index is -0.990. The predicted molar refractivity (Wildman–Crippen MR) is 132 cm³/mol. The van der Waals surface area contributed by atoms with E-state index in [0.717, 1.165) is 0 Å². The van der Waals surface area contributed by atoms with Crippen molar-refractivity contribution in [2.45, 2.75) is 6.04 Å². The number of phenols is 1. The SMILES string of the molecule is COc1cc(Cl)cc2cc(C(=O)C3=C(O)C(=O)N(c4ccc(Cl)cc4)C3c3ccc(O)cc3)oc12. The highest BCUT2D eigenvalue weighted by atomic mass is 35.5. The molecule has 0 spiro atoms. The van der Waals surface area contributed by atoms with Gasteiger partial charge in [-0.2, -0.15) is 0 Å². The maximum atomic E-state index is 13.7. The second-order valence-electron chi connectivity index (χ2n) is 7.87. The van der Waals surface area contributed by atoms with Crippen LogP contribution in [0, 0.1) is 0 Å². The molecule has 1 aromatic heterocycles. The predicted octanol–water partition coefficient (Wildman–Crippen LogP) is 6.24. The van der Waals surface area contributed by atoms with E-state index in [1.807, 2.05) is 0 Å². The second-order valence-corrected chi connectivity index (χ2v) is 8.75. The van der Waals surface area contributed by atoms with Crippen molar-refractivity contribution < 1.29 is 29.0 Å². The third kappa shape index (κ3) is 3.88. The number of carbonyl (C=O) groups is 2. The first-order valence-corrected chi connectivity index (χ1v) is 11.2. The number of aliphatic hydroxyl groups is 1. The lowest BCUT2D eigenvalue weighted by Crippen LogP contribution is -2.31. The van der Waals surface area contributed by atoms with Crippen LogP contribution in [0.2, 0.25) is 10.0 Å². The molecule has 0 aliphatic carbocycles. The summed E-state index contributed by atoms with van der Waals surface area (Å²) in [5.74, 6) is -1.89. The summed E-state index contributed by atoms with van der Waals surface area (Å²) in [6.07, 6.45) is 0. The fourth-order valence-corrected chi connectivity index (χ4v) is 4.50. The Bertz CT molecular complexity index is 1510. The second kappa shape index (κ2) is 8.69. The van der Waals surface area contributed by atoms with E-state index in [4.69, 9.17) is 32.4 Å². The number of anilines is 1. The number of carbonyl (C=O) groups excluding carboxylic acids is 2. The molecular weight excluding hydrogens is 493 g/mol. The number of benzene rings is 3. The lowest BCUT2D eigenvalue weighted by atomic mass is 9.94. The maximum Gasteiger partial charge on any atom is 0.294 e. The van der Waals surface area contributed by atoms with Crippen LogP contribution < -0.4 is 9.64 Å². The lowest BCUT2D eigenvalue weighted by Gasteiger charge is -2.26. The number of Topliss-reactive ketones (excluding diaryl/α,β-unsaturated/α-hetero) is 1. The molecule has 0 fully saturated rings. The number of halogens is 2. The highest BCUT2D eigenvalue weighted by Gasteiger charge is 2.45. The van der Waals surface area contributed by atoms with E-state index in [0.29, 0.717) is 38.0 Å². The number of amides is 1.